The lowest BCUT2D eigenvalue weighted by Gasteiger charge is -2.14. The van der Waals surface area contributed by atoms with Gasteiger partial charge < -0.3 is 14.8 Å². The molecule has 30 heavy (non-hydrogen) atoms. The van der Waals surface area contributed by atoms with Crippen molar-refractivity contribution in [2.45, 2.75) is 13.8 Å². The minimum absolute atomic E-state index is 0.214. The quantitative estimate of drug-likeness (QED) is 0.703. The van der Waals surface area contributed by atoms with Crippen molar-refractivity contribution >= 4 is 40.6 Å². The first kappa shape index (κ1) is 21.4. The molecule has 3 rings (SSSR count). The molecule has 0 atom stereocenters. The van der Waals surface area contributed by atoms with E-state index in [1.54, 1.807) is 24.3 Å². The van der Waals surface area contributed by atoms with E-state index in [2.05, 4.69) is 5.32 Å². The number of nitrogens with one attached hydrogen (secondary N) is 1. The fraction of sp³-hybridized carbons (Fsp3) is 0.227. The maximum atomic E-state index is 12.7. The number of ether oxygens (including phenoxy) is 2. The van der Waals surface area contributed by atoms with Crippen molar-refractivity contribution in [2.24, 2.45) is 0 Å². The monoisotopic (exact) mass is 426 g/mol. The first-order valence-corrected chi connectivity index (χ1v) is 9.99. The van der Waals surface area contributed by atoms with Crippen LogP contribution in [0.1, 0.15) is 16.7 Å². The Hall–Kier alpha value is -3.26. The summed E-state index contributed by atoms with van der Waals surface area (Å²) in [6, 6.07) is 10.9. The molecular formula is C22H22N2O5S. The molecule has 8 heteroatoms. The van der Waals surface area contributed by atoms with Crippen molar-refractivity contribution in [3.8, 4) is 11.5 Å². The minimum atomic E-state index is -0.522. The third-order valence-electron chi connectivity index (χ3n) is 4.56. The molecule has 1 fully saturated rings. The lowest BCUT2D eigenvalue weighted by molar-refractivity contribution is -0.127. The number of aryl methyl sites for hydroxylation is 2. The molecule has 1 aliphatic rings. The van der Waals surface area contributed by atoms with Crippen LogP contribution in [-0.4, -0.2) is 42.7 Å². The van der Waals surface area contributed by atoms with Crippen LogP contribution in [0.15, 0.2) is 41.3 Å². The van der Waals surface area contributed by atoms with Gasteiger partial charge in [0.2, 0.25) is 5.91 Å². The number of carbonyl (C=O) groups is 3. The van der Waals surface area contributed by atoms with Gasteiger partial charge in [-0.15, -0.1) is 0 Å². The Labute approximate surface area is 179 Å². The van der Waals surface area contributed by atoms with Gasteiger partial charge in [0.25, 0.3) is 11.1 Å². The second-order valence-corrected chi connectivity index (χ2v) is 7.71. The van der Waals surface area contributed by atoms with E-state index >= 15 is 0 Å². The number of benzene rings is 2. The summed E-state index contributed by atoms with van der Waals surface area (Å²) in [7, 11) is 3.02. The van der Waals surface area contributed by atoms with Crippen LogP contribution in [0.4, 0.5) is 10.5 Å². The van der Waals surface area contributed by atoms with Gasteiger partial charge in [-0.25, -0.2) is 0 Å². The average Bonchev–Trinajstić information content (AvgIpc) is 2.97. The van der Waals surface area contributed by atoms with Gasteiger partial charge in [-0.1, -0.05) is 24.3 Å². The van der Waals surface area contributed by atoms with Gasteiger partial charge in [0, 0.05) is 11.3 Å². The number of hydrogen-bond donors (Lipinski definition) is 1. The molecule has 0 radical (unpaired) electrons. The van der Waals surface area contributed by atoms with Crippen LogP contribution in [0.25, 0.3) is 6.08 Å². The molecule has 0 spiro atoms. The normalized spacial score (nSPS) is 14.9. The Morgan fingerprint density at radius 2 is 1.90 bits per heavy atom. The zero-order chi connectivity index (χ0) is 21.8. The topological polar surface area (TPSA) is 84.9 Å². The van der Waals surface area contributed by atoms with Crippen molar-refractivity contribution < 1.29 is 23.9 Å². The van der Waals surface area contributed by atoms with Gasteiger partial charge in [0.15, 0.2) is 11.5 Å². The van der Waals surface area contributed by atoms with Crippen LogP contribution >= 0.6 is 11.8 Å². The molecule has 7 nitrogen and oxygen atoms in total. The molecule has 0 unspecified atom stereocenters. The van der Waals surface area contributed by atoms with E-state index in [4.69, 9.17) is 9.47 Å². The van der Waals surface area contributed by atoms with E-state index < -0.39 is 17.1 Å². The maximum absolute atomic E-state index is 12.7. The van der Waals surface area contributed by atoms with Crippen LogP contribution in [0, 0.1) is 13.8 Å². The SMILES string of the molecule is COc1cccc(/C=C2/SC(=O)N(CC(=O)Nc3cc(C)ccc3C)C2=O)c1OC. The molecule has 156 valence electrons. The third-order valence-corrected chi connectivity index (χ3v) is 5.47. The summed E-state index contributed by atoms with van der Waals surface area (Å²) >= 11 is 0.785. The van der Waals surface area contributed by atoms with Gasteiger partial charge in [0.1, 0.15) is 6.54 Å². The Bertz CT molecular complexity index is 1050. The van der Waals surface area contributed by atoms with E-state index in [0.717, 1.165) is 27.8 Å². The zero-order valence-corrected chi connectivity index (χ0v) is 18.0. The average molecular weight is 426 g/mol. The summed E-state index contributed by atoms with van der Waals surface area (Å²) in [4.78, 5) is 38.7. The van der Waals surface area contributed by atoms with E-state index in [-0.39, 0.29) is 11.4 Å². The smallest absolute Gasteiger partial charge is 0.294 e. The van der Waals surface area contributed by atoms with Crippen LogP contribution in [0.3, 0.4) is 0 Å². The number of hydrogen-bond acceptors (Lipinski definition) is 6. The Balaban J connectivity index is 1.77. The first-order valence-electron chi connectivity index (χ1n) is 9.17. The first-order chi connectivity index (χ1) is 14.3. The second kappa shape index (κ2) is 9.04. The number of nitrogens with zero attached hydrogens (tertiary/aromatic N) is 1. The van der Waals surface area contributed by atoms with Crippen molar-refractivity contribution in [1.82, 2.24) is 4.90 Å². The van der Waals surface area contributed by atoms with E-state index in [1.165, 1.54) is 14.2 Å². The van der Waals surface area contributed by atoms with Crippen molar-refractivity contribution in [2.75, 3.05) is 26.1 Å². The minimum Gasteiger partial charge on any atom is -0.493 e. The van der Waals surface area contributed by atoms with E-state index in [9.17, 15) is 14.4 Å². The molecule has 3 amide bonds. The summed E-state index contributed by atoms with van der Waals surface area (Å²) in [5.74, 6) is 0.00930. The van der Waals surface area contributed by atoms with Gasteiger partial charge in [0.05, 0.1) is 19.1 Å². The standard InChI is InChI=1S/C22H22N2O5S/c1-13-8-9-14(2)16(10-13)23-19(25)12-24-21(26)18(30-22(24)27)11-15-6-5-7-17(28-3)20(15)29-4/h5-11H,12H2,1-4H3,(H,23,25)/b18-11+. The number of anilines is 1. The second-order valence-electron chi connectivity index (χ2n) is 6.72. The Morgan fingerprint density at radius 3 is 2.60 bits per heavy atom. The molecule has 0 bridgehead atoms. The number of amides is 3. The van der Waals surface area contributed by atoms with E-state index in [1.807, 2.05) is 32.0 Å². The van der Waals surface area contributed by atoms with Gasteiger partial charge in [-0.05, 0) is 54.9 Å². The molecule has 1 saturated heterocycles. The summed E-state index contributed by atoms with van der Waals surface area (Å²) in [5, 5.41) is 2.27. The van der Waals surface area contributed by atoms with Gasteiger partial charge in [-0.2, -0.15) is 0 Å². The number of imide groups is 1. The summed E-state index contributed by atoms with van der Waals surface area (Å²) in [6.45, 7) is 3.44. The largest absolute Gasteiger partial charge is 0.493 e. The maximum Gasteiger partial charge on any atom is 0.294 e. The third kappa shape index (κ3) is 4.49. The van der Waals surface area contributed by atoms with Crippen molar-refractivity contribution in [1.29, 1.82) is 0 Å². The molecule has 0 aromatic heterocycles. The van der Waals surface area contributed by atoms with Crippen molar-refractivity contribution in [3.63, 3.8) is 0 Å². The van der Waals surface area contributed by atoms with Gasteiger partial charge in [-0.3, -0.25) is 19.3 Å². The highest BCUT2D eigenvalue weighted by molar-refractivity contribution is 8.18. The number of methoxy groups -OCH3 is 2. The van der Waals surface area contributed by atoms with Crippen LogP contribution in [0.5, 0.6) is 11.5 Å². The van der Waals surface area contributed by atoms with Crippen LogP contribution in [0.2, 0.25) is 0 Å². The van der Waals surface area contributed by atoms with Crippen LogP contribution in [-0.2, 0) is 9.59 Å². The molecule has 2 aromatic rings. The predicted octanol–water partition coefficient (Wildman–Crippen LogP) is 4.00. The van der Waals surface area contributed by atoms with Crippen LogP contribution < -0.4 is 14.8 Å². The fourth-order valence-electron chi connectivity index (χ4n) is 3.01. The summed E-state index contributed by atoms with van der Waals surface area (Å²) in [5.41, 5.74) is 3.15. The predicted molar refractivity (Wildman–Crippen MR) is 117 cm³/mol. The molecule has 2 aromatic carbocycles. The Kier molecular flexibility index (Phi) is 6.47. The summed E-state index contributed by atoms with van der Waals surface area (Å²) < 4.78 is 10.6. The van der Waals surface area contributed by atoms with Crippen molar-refractivity contribution in [3.05, 3.63) is 58.0 Å². The number of thioether (sulfide) groups is 1. The molecule has 1 N–H and O–H groups in total. The Morgan fingerprint density at radius 1 is 1.13 bits per heavy atom. The lowest BCUT2D eigenvalue weighted by atomic mass is 10.1. The molecule has 0 saturated carbocycles. The molecule has 1 heterocycles. The molecule has 1 aliphatic heterocycles. The zero-order valence-electron chi connectivity index (χ0n) is 17.1. The highest BCUT2D eigenvalue weighted by atomic mass is 32.2. The van der Waals surface area contributed by atoms with Gasteiger partial charge >= 0.3 is 0 Å². The lowest BCUT2D eigenvalue weighted by Crippen LogP contribution is -2.36. The fourth-order valence-corrected chi connectivity index (χ4v) is 3.84. The number of carbonyl (C=O) groups excluding carboxylic acids is 3. The number of para-hydroxylation sites is 1. The molecule has 0 aliphatic carbocycles. The highest BCUT2D eigenvalue weighted by Gasteiger charge is 2.36. The number of rotatable bonds is 6. The molecular weight excluding hydrogens is 404 g/mol. The summed E-state index contributed by atoms with van der Waals surface area (Å²) in [6.07, 6.45) is 1.56. The highest BCUT2D eigenvalue weighted by Crippen LogP contribution is 2.37. The van der Waals surface area contributed by atoms with E-state index in [0.29, 0.717) is 22.7 Å².